The smallest absolute Gasteiger partial charge is 0.244 e. The molecule has 0 bridgehead atoms. The van der Waals surface area contributed by atoms with Gasteiger partial charge in [0.05, 0.1) is 44.2 Å². The number of methoxy groups -OCH3 is 2. The van der Waals surface area contributed by atoms with Gasteiger partial charge in [-0.1, -0.05) is 54.1 Å². The summed E-state index contributed by atoms with van der Waals surface area (Å²) >= 11 is 6.26. The Labute approximate surface area is 266 Å². The van der Waals surface area contributed by atoms with Crippen LogP contribution in [0.2, 0.25) is 5.02 Å². The molecule has 0 fully saturated rings. The van der Waals surface area contributed by atoms with E-state index in [0.717, 1.165) is 11.1 Å². The predicted molar refractivity (Wildman–Crippen MR) is 173 cm³/mol. The van der Waals surface area contributed by atoms with Gasteiger partial charge in [-0.3, -0.25) is 9.48 Å². The highest BCUT2D eigenvalue weighted by Gasteiger charge is 2.29. The molecule has 45 heavy (non-hydrogen) atoms. The zero-order valence-electron chi connectivity index (χ0n) is 24.8. The van der Waals surface area contributed by atoms with Gasteiger partial charge in [-0.05, 0) is 59.2 Å². The standard InChI is InChI=1S/C33H33ClN4O6S/c1-43-27-11-7-23(8-12-27)20-38(21-24-9-13-28(44-2)14-10-24)45(41,42)32-19-26(18-31-29(32)22-37(36-31)15-16-39)35-33(40)17-25-5-3-4-6-30(25)34/h3-14,18-19,22,39H,15-17,20-21H2,1-2H3,(H,35,40). The Hall–Kier alpha value is -4.42. The predicted octanol–water partition coefficient (Wildman–Crippen LogP) is 5.27. The van der Waals surface area contributed by atoms with E-state index in [4.69, 9.17) is 21.1 Å². The van der Waals surface area contributed by atoms with Crippen molar-refractivity contribution in [3.8, 4) is 11.5 Å². The van der Waals surface area contributed by atoms with Crippen LogP contribution in [0.3, 0.4) is 0 Å². The summed E-state index contributed by atoms with van der Waals surface area (Å²) < 4.78 is 42.6. The molecule has 2 N–H and O–H groups in total. The van der Waals surface area contributed by atoms with Crippen molar-refractivity contribution in [1.29, 1.82) is 0 Å². The van der Waals surface area contributed by atoms with Gasteiger partial charge < -0.3 is 19.9 Å². The van der Waals surface area contributed by atoms with E-state index >= 15 is 0 Å². The van der Waals surface area contributed by atoms with Gasteiger partial charge in [0.25, 0.3) is 0 Å². The summed E-state index contributed by atoms with van der Waals surface area (Å²) in [7, 11) is -1.06. The van der Waals surface area contributed by atoms with Crippen LogP contribution in [0, 0.1) is 0 Å². The maximum atomic E-state index is 14.6. The van der Waals surface area contributed by atoms with E-state index in [1.807, 2.05) is 24.3 Å². The molecule has 4 aromatic carbocycles. The molecule has 1 heterocycles. The Kier molecular flexibility index (Phi) is 10.0. The third-order valence-corrected chi connectivity index (χ3v) is 9.41. The van der Waals surface area contributed by atoms with Gasteiger partial charge >= 0.3 is 0 Å². The molecular weight excluding hydrogens is 616 g/mol. The number of sulfonamides is 1. The summed E-state index contributed by atoms with van der Waals surface area (Å²) in [6, 6.07) is 24.5. The van der Waals surface area contributed by atoms with Crippen LogP contribution in [0.4, 0.5) is 5.69 Å². The number of anilines is 1. The number of aromatic nitrogens is 2. The third kappa shape index (κ3) is 7.63. The van der Waals surface area contributed by atoms with Gasteiger partial charge in [-0.15, -0.1) is 0 Å². The first kappa shape index (κ1) is 32.0. The minimum Gasteiger partial charge on any atom is -0.497 e. The Morgan fingerprint density at radius 2 is 1.53 bits per heavy atom. The topological polar surface area (TPSA) is 123 Å². The van der Waals surface area contributed by atoms with E-state index in [1.165, 1.54) is 15.1 Å². The Morgan fingerprint density at radius 1 is 0.933 bits per heavy atom. The number of carbonyl (C=O) groups is 1. The zero-order valence-corrected chi connectivity index (χ0v) is 26.4. The lowest BCUT2D eigenvalue weighted by molar-refractivity contribution is -0.115. The molecule has 234 valence electrons. The van der Waals surface area contributed by atoms with E-state index in [2.05, 4.69) is 10.4 Å². The Bertz CT molecular complexity index is 1840. The number of benzene rings is 4. The third-order valence-electron chi connectivity index (χ3n) is 7.21. The van der Waals surface area contributed by atoms with Crippen LogP contribution in [0.25, 0.3) is 10.9 Å². The Morgan fingerprint density at radius 3 is 2.09 bits per heavy atom. The minimum absolute atomic E-state index is 0.000188. The second-order valence-corrected chi connectivity index (χ2v) is 12.6. The summed E-state index contributed by atoms with van der Waals surface area (Å²) in [6.07, 6.45) is 1.59. The van der Waals surface area contributed by atoms with Crippen molar-refractivity contribution < 1.29 is 27.8 Å². The summed E-state index contributed by atoms with van der Waals surface area (Å²) in [4.78, 5) is 13.0. The van der Waals surface area contributed by atoms with Gasteiger partial charge in [0, 0.05) is 35.4 Å². The second-order valence-electron chi connectivity index (χ2n) is 10.3. The second kappa shape index (κ2) is 14.1. The quantitative estimate of drug-likeness (QED) is 0.178. The molecule has 12 heteroatoms. The molecule has 1 aromatic heterocycles. The number of fused-ring (bicyclic) bond motifs is 1. The van der Waals surface area contributed by atoms with Crippen LogP contribution in [0.5, 0.6) is 11.5 Å². The number of halogens is 1. The highest BCUT2D eigenvalue weighted by molar-refractivity contribution is 7.89. The van der Waals surface area contributed by atoms with E-state index < -0.39 is 10.0 Å². The van der Waals surface area contributed by atoms with Crippen molar-refractivity contribution in [1.82, 2.24) is 14.1 Å². The molecule has 5 rings (SSSR count). The maximum absolute atomic E-state index is 14.6. The number of aliphatic hydroxyl groups excluding tert-OH is 1. The lowest BCUT2D eigenvalue weighted by Gasteiger charge is -2.23. The number of hydrogen-bond acceptors (Lipinski definition) is 7. The fourth-order valence-electron chi connectivity index (χ4n) is 4.90. The molecule has 0 aliphatic rings. The van der Waals surface area contributed by atoms with Crippen molar-refractivity contribution in [3.05, 3.63) is 113 Å². The number of nitrogens with zero attached hydrogens (tertiary/aromatic N) is 3. The van der Waals surface area contributed by atoms with Gasteiger partial charge in [0.15, 0.2) is 0 Å². The number of aliphatic hydroxyl groups is 1. The van der Waals surface area contributed by atoms with Gasteiger partial charge in [0.2, 0.25) is 15.9 Å². The molecular formula is C33H33ClN4O6S. The van der Waals surface area contributed by atoms with E-state index in [-0.39, 0.29) is 49.2 Å². The molecule has 0 spiro atoms. The van der Waals surface area contributed by atoms with Gasteiger partial charge in [-0.25, -0.2) is 8.42 Å². The molecule has 10 nitrogen and oxygen atoms in total. The maximum Gasteiger partial charge on any atom is 0.244 e. The van der Waals surface area contributed by atoms with E-state index in [9.17, 15) is 18.3 Å². The number of hydrogen-bond donors (Lipinski definition) is 2. The van der Waals surface area contributed by atoms with Crippen molar-refractivity contribution >= 4 is 44.1 Å². The SMILES string of the molecule is COc1ccc(CN(Cc2ccc(OC)cc2)S(=O)(=O)c2cc(NC(=O)Cc3ccccc3Cl)cc3nn(CCO)cc23)cc1. The average molecular weight is 649 g/mol. The fraction of sp³-hybridized carbons (Fsp3) is 0.212. The molecule has 0 saturated carbocycles. The van der Waals surface area contributed by atoms with Crippen LogP contribution < -0.4 is 14.8 Å². The number of carbonyl (C=O) groups excluding carboxylic acids is 1. The molecule has 0 saturated heterocycles. The van der Waals surface area contributed by atoms with Crippen molar-refractivity contribution in [2.45, 2.75) is 31.0 Å². The molecule has 0 aliphatic heterocycles. The van der Waals surface area contributed by atoms with Gasteiger partial charge in [-0.2, -0.15) is 9.40 Å². The summed E-state index contributed by atoms with van der Waals surface area (Å²) in [5.41, 5.74) is 2.77. The molecule has 5 aromatic rings. The highest BCUT2D eigenvalue weighted by atomic mass is 35.5. The number of rotatable bonds is 13. The number of nitrogens with one attached hydrogen (secondary N) is 1. The average Bonchev–Trinajstić information content (AvgIpc) is 3.44. The van der Waals surface area contributed by atoms with Crippen LogP contribution in [0.1, 0.15) is 16.7 Å². The molecule has 0 aliphatic carbocycles. The van der Waals surface area contributed by atoms with Crippen LogP contribution in [0.15, 0.2) is 96.0 Å². The molecule has 0 atom stereocenters. The number of ether oxygens (including phenoxy) is 2. The summed E-state index contributed by atoms with van der Waals surface area (Å²) in [5.74, 6) is 0.942. The zero-order chi connectivity index (χ0) is 32.0. The van der Waals surface area contributed by atoms with Crippen molar-refractivity contribution in [3.63, 3.8) is 0 Å². The van der Waals surface area contributed by atoms with Crippen molar-refractivity contribution in [2.24, 2.45) is 0 Å². The fourth-order valence-corrected chi connectivity index (χ4v) is 6.73. The Balaban J connectivity index is 1.56. The summed E-state index contributed by atoms with van der Waals surface area (Å²) in [6.45, 7) is 0.115. The van der Waals surface area contributed by atoms with Crippen LogP contribution in [-0.4, -0.2) is 54.3 Å². The minimum atomic E-state index is -4.20. The highest BCUT2D eigenvalue weighted by Crippen LogP contribution is 2.32. The lowest BCUT2D eigenvalue weighted by atomic mass is 10.1. The van der Waals surface area contributed by atoms with Gasteiger partial charge in [0.1, 0.15) is 11.5 Å². The lowest BCUT2D eigenvalue weighted by Crippen LogP contribution is -2.30. The first-order valence-electron chi connectivity index (χ1n) is 14.1. The first-order valence-corrected chi connectivity index (χ1v) is 15.9. The summed E-state index contributed by atoms with van der Waals surface area (Å²) in [5, 5.41) is 17.7. The molecule has 0 radical (unpaired) electrons. The number of amides is 1. The largest absolute Gasteiger partial charge is 0.497 e. The monoisotopic (exact) mass is 648 g/mol. The molecule has 0 unspecified atom stereocenters. The first-order chi connectivity index (χ1) is 21.7. The van der Waals surface area contributed by atoms with Crippen LogP contribution >= 0.6 is 11.6 Å². The van der Waals surface area contributed by atoms with Crippen molar-refractivity contribution in [2.75, 3.05) is 26.1 Å². The molecule has 1 amide bonds. The van der Waals surface area contributed by atoms with Crippen LogP contribution in [-0.2, 0) is 40.9 Å². The normalized spacial score (nSPS) is 11.6. The van der Waals surface area contributed by atoms with E-state index in [0.29, 0.717) is 33.0 Å². The van der Waals surface area contributed by atoms with E-state index in [1.54, 1.807) is 75.0 Å².